The molecule has 20 heavy (non-hydrogen) atoms. The average molecular weight is 288 g/mol. The Labute approximate surface area is 116 Å². The molecule has 0 aromatic heterocycles. The molecule has 0 aromatic rings. The Kier molecular flexibility index (Phi) is 6.23. The second-order valence-corrected chi connectivity index (χ2v) is 4.60. The number of piperidine rings is 1. The molecule has 1 aliphatic rings. The van der Waals surface area contributed by atoms with Crippen molar-refractivity contribution >= 4 is 18.0 Å². The van der Waals surface area contributed by atoms with Gasteiger partial charge in [-0.15, -0.1) is 0 Å². The fraction of sp³-hybridized carbons (Fsp3) is 0.750. The third-order valence-electron chi connectivity index (χ3n) is 3.04. The van der Waals surface area contributed by atoms with E-state index in [9.17, 15) is 14.4 Å². The maximum absolute atomic E-state index is 11.9. The van der Waals surface area contributed by atoms with Crippen molar-refractivity contribution in [1.29, 1.82) is 0 Å². The van der Waals surface area contributed by atoms with E-state index < -0.39 is 30.4 Å². The summed E-state index contributed by atoms with van der Waals surface area (Å²) >= 11 is 0. The summed E-state index contributed by atoms with van der Waals surface area (Å²) in [5.41, 5.74) is 0. The van der Waals surface area contributed by atoms with Crippen LogP contribution < -0.4 is 5.32 Å². The normalized spacial score (nSPS) is 20.2. The largest absolute Gasteiger partial charge is 0.481 e. The molecule has 8 heteroatoms. The van der Waals surface area contributed by atoms with Crippen molar-refractivity contribution in [2.45, 2.75) is 38.3 Å². The van der Waals surface area contributed by atoms with E-state index in [1.165, 1.54) is 4.90 Å². The third-order valence-corrected chi connectivity index (χ3v) is 3.04. The standard InChI is InChI=1S/C12H20N2O6/c1-2-20-8-4-3-5-14(7-8)12(19)13-9(11(17)18)6-10(15)16/h8-9H,2-7H2,1H3,(H,13,19)(H,15,16)(H,17,18)/t8?,9-/m0/s1. The molecule has 0 aliphatic carbocycles. The number of hydrogen-bond donors (Lipinski definition) is 3. The van der Waals surface area contributed by atoms with E-state index >= 15 is 0 Å². The van der Waals surface area contributed by atoms with E-state index in [-0.39, 0.29) is 6.10 Å². The molecule has 1 aliphatic heterocycles. The fourth-order valence-corrected chi connectivity index (χ4v) is 2.11. The summed E-state index contributed by atoms with van der Waals surface area (Å²) in [6.07, 6.45) is 0.926. The molecule has 0 radical (unpaired) electrons. The fourth-order valence-electron chi connectivity index (χ4n) is 2.11. The molecule has 1 saturated heterocycles. The molecule has 114 valence electrons. The summed E-state index contributed by atoms with van der Waals surface area (Å²) in [5, 5.41) is 19.7. The van der Waals surface area contributed by atoms with Gasteiger partial charge in [0, 0.05) is 19.7 Å². The molecular weight excluding hydrogens is 268 g/mol. The molecular formula is C12H20N2O6. The number of aliphatic carboxylic acids is 2. The van der Waals surface area contributed by atoms with Gasteiger partial charge in [-0.25, -0.2) is 9.59 Å². The van der Waals surface area contributed by atoms with Crippen LogP contribution in [0, 0.1) is 0 Å². The van der Waals surface area contributed by atoms with Crippen LogP contribution in [0.25, 0.3) is 0 Å². The zero-order valence-electron chi connectivity index (χ0n) is 11.4. The molecule has 1 rings (SSSR count). The molecule has 8 nitrogen and oxygen atoms in total. The zero-order valence-corrected chi connectivity index (χ0v) is 11.4. The van der Waals surface area contributed by atoms with Gasteiger partial charge in [-0.2, -0.15) is 0 Å². The van der Waals surface area contributed by atoms with Crippen molar-refractivity contribution in [2.24, 2.45) is 0 Å². The summed E-state index contributed by atoms with van der Waals surface area (Å²) in [5.74, 6) is -2.64. The van der Waals surface area contributed by atoms with Crippen molar-refractivity contribution in [3.05, 3.63) is 0 Å². The predicted molar refractivity (Wildman–Crippen MR) is 68.4 cm³/mol. The number of rotatable bonds is 6. The van der Waals surface area contributed by atoms with Crippen molar-refractivity contribution < 1.29 is 29.3 Å². The number of carboxylic acids is 2. The SMILES string of the molecule is CCOC1CCCN(C(=O)N[C@@H](CC(=O)O)C(=O)O)C1. The van der Waals surface area contributed by atoms with Crippen LogP contribution in [-0.4, -0.2) is 64.9 Å². The minimum absolute atomic E-state index is 0.0535. The molecule has 2 atom stereocenters. The minimum atomic E-state index is -1.42. The molecule has 0 spiro atoms. The summed E-state index contributed by atoms with van der Waals surface area (Å²) in [4.78, 5) is 34.9. The van der Waals surface area contributed by atoms with Crippen molar-refractivity contribution in [1.82, 2.24) is 10.2 Å². The maximum Gasteiger partial charge on any atom is 0.326 e. The van der Waals surface area contributed by atoms with Gasteiger partial charge in [-0.05, 0) is 19.8 Å². The van der Waals surface area contributed by atoms with Gasteiger partial charge >= 0.3 is 18.0 Å². The quantitative estimate of drug-likeness (QED) is 0.639. The van der Waals surface area contributed by atoms with E-state index in [1.807, 2.05) is 6.92 Å². The molecule has 0 saturated carbocycles. The Balaban J connectivity index is 2.55. The highest BCUT2D eigenvalue weighted by Crippen LogP contribution is 2.13. The summed E-state index contributed by atoms with van der Waals surface area (Å²) in [7, 11) is 0. The van der Waals surface area contributed by atoms with Gasteiger partial charge in [-0.3, -0.25) is 4.79 Å². The van der Waals surface area contributed by atoms with Crippen LogP contribution in [-0.2, 0) is 14.3 Å². The van der Waals surface area contributed by atoms with Gasteiger partial charge in [0.15, 0.2) is 0 Å². The number of urea groups is 1. The predicted octanol–water partition coefficient (Wildman–Crippen LogP) is 0.125. The minimum Gasteiger partial charge on any atom is -0.481 e. The van der Waals surface area contributed by atoms with E-state index in [0.29, 0.717) is 19.7 Å². The first-order chi connectivity index (χ1) is 9.43. The van der Waals surface area contributed by atoms with E-state index in [2.05, 4.69) is 5.32 Å². The van der Waals surface area contributed by atoms with Crippen molar-refractivity contribution in [3.63, 3.8) is 0 Å². The average Bonchev–Trinajstić information content (AvgIpc) is 2.38. The highest BCUT2D eigenvalue weighted by molar-refractivity contribution is 5.86. The number of ether oxygens (including phenoxy) is 1. The number of likely N-dealkylation sites (tertiary alicyclic amines) is 1. The third kappa shape index (κ3) is 5.04. The highest BCUT2D eigenvalue weighted by Gasteiger charge is 2.28. The Morgan fingerprint density at radius 1 is 1.40 bits per heavy atom. The van der Waals surface area contributed by atoms with E-state index in [1.54, 1.807) is 0 Å². The number of nitrogens with one attached hydrogen (secondary N) is 1. The highest BCUT2D eigenvalue weighted by atomic mass is 16.5. The first-order valence-corrected chi connectivity index (χ1v) is 6.55. The van der Waals surface area contributed by atoms with Crippen molar-refractivity contribution in [3.8, 4) is 0 Å². The van der Waals surface area contributed by atoms with Crippen LogP contribution in [0.3, 0.4) is 0 Å². The monoisotopic (exact) mass is 288 g/mol. The van der Waals surface area contributed by atoms with Crippen LogP contribution >= 0.6 is 0 Å². The Hall–Kier alpha value is -1.83. The number of nitrogens with zero attached hydrogens (tertiary/aromatic N) is 1. The Morgan fingerprint density at radius 2 is 2.10 bits per heavy atom. The number of carboxylic acid groups (broad SMARTS) is 2. The molecule has 1 unspecified atom stereocenters. The number of carbonyl (C=O) groups excluding carboxylic acids is 1. The van der Waals surface area contributed by atoms with Gasteiger partial charge in [0.1, 0.15) is 6.04 Å². The lowest BCUT2D eigenvalue weighted by Gasteiger charge is -2.33. The topological polar surface area (TPSA) is 116 Å². The van der Waals surface area contributed by atoms with Gasteiger partial charge in [0.2, 0.25) is 0 Å². The van der Waals surface area contributed by atoms with Crippen LogP contribution in [0.4, 0.5) is 4.79 Å². The number of carbonyl (C=O) groups is 3. The van der Waals surface area contributed by atoms with Crippen LogP contribution in [0.15, 0.2) is 0 Å². The van der Waals surface area contributed by atoms with E-state index in [4.69, 9.17) is 14.9 Å². The van der Waals surface area contributed by atoms with Crippen LogP contribution in [0.5, 0.6) is 0 Å². The van der Waals surface area contributed by atoms with Gasteiger partial charge in [0.05, 0.1) is 12.5 Å². The lowest BCUT2D eigenvalue weighted by Crippen LogP contribution is -2.52. The Morgan fingerprint density at radius 3 is 2.65 bits per heavy atom. The lowest BCUT2D eigenvalue weighted by atomic mass is 10.1. The molecule has 3 N–H and O–H groups in total. The molecule has 1 fully saturated rings. The maximum atomic E-state index is 11.9. The first-order valence-electron chi connectivity index (χ1n) is 6.55. The van der Waals surface area contributed by atoms with Gasteiger partial charge in [0.25, 0.3) is 0 Å². The number of hydrogen-bond acceptors (Lipinski definition) is 4. The second kappa shape index (κ2) is 7.68. The molecule has 0 bridgehead atoms. The zero-order chi connectivity index (χ0) is 15.1. The Bertz CT molecular complexity index is 371. The van der Waals surface area contributed by atoms with Gasteiger partial charge < -0.3 is 25.2 Å². The summed E-state index contributed by atoms with van der Waals surface area (Å²) in [6, 6.07) is -1.99. The van der Waals surface area contributed by atoms with Crippen LogP contribution in [0.2, 0.25) is 0 Å². The smallest absolute Gasteiger partial charge is 0.326 e. The lowest BCUT2D eigenvalue weighted by molar-refractivity contribution is -0.145. The summed E-state index contributed by atoms with van der Waals surface area (Å²) < 4.78 is 5.45. The van der Waals surface area contributed by atoms with Crippen LogP contribution in [0.1, 0.15) is 26.2 Å². The molecule has 1 heterocycles. The molecule has 2 amide bonds. The summed E-state index contributed by atoms with van der Waals surface area (Å²) in [6.45, 7) is 3.32. The second-order valence-electron chi connectivity index (χ2n) is 4.60. The number of amides is 2. The van der Waals surface area contributed by atoms with E-state index in [0.717, 1.165) is 12.8 Å². The first kappa shape index (κ1) is 16.2. The van der Waals surface area contributed by atoms with Crippen molar-refractivity contribution in [2.75, 3.05) is 19.7 Å². The molecule has 0 aromatic carbocycles. The van der Waals surface area contributed by atoms with Gasteiger partial charge in [-0.1, -0.05) is 0 Å².